The van der Waals surface area contributed by atoms with Gasteiger partial charge in [-0.1, -0.05) is 33.6 Å². The van der Waals surface area contributed by atoms with E-state index in [0.717, 1.165) is 49.5 Å². The van der Waals surface area contributed by atoms with Crippen LogP contribution in [0, 0.1) is 17.3 Å². The first-order chi connectivity index (χ1) is 9.99. The summed E-state index contributed by atoms with van der Waals surface area (Å²) in [5.41, 5.74) is 0.450. The van der Waals surface area contributed by atoms with Crippen molar-refractivity contribution in [2.24, 2.45) is 17.3 Å². The number of nitrogens with one attached hydrogen (secondary N) is 1. The minimum Gasteiger partial charge on any atom is -0.316 e. The normalized spacial score (nSPS) is 32.7. The maximum atomic E-state index is 11.6. The Kier molecular flexibility index (Phi) is 6.70. The minimum absolute atomic E-state index is 0.450. The first-order valence-electron chi connectivity index (χ1n) is 8.77. The zero-order chi connectivity index (χ0) is 15.3. The third-order valence-corrected chi connectivity index (χ3v) is 6.34. The molecular formula is C17H34N2OS. The molecule has 0 aromatic rings. The predicted molar refractivity (Wildman–Crippen MR) is 92.1 cm³/mol. The Morgan fingerprint density at radius 3 is 2.67 bits per heavy atom. The van der Waals surface area contributed by atoms with E-state index in [-0.39, 0.29) is 0 Å². The van der Waals surface area contributed by atoms with Crippen molar-refractivity contribution >= 4 is 10.8 Å². The van der Waals surface area contributed by atoms with E-state index in [0.29, 0.717) is 5.41 Å². The number of rotatable bonds is 6. The van der Waals surface area contributed by atoms with E-state index in [1.54, 1.807) is 0 Å². The fraction of sp³-hybridized carbons (Fsp3) is 1.00. The molecule has 124 valence electrons. The quantitative estimate of drug-likeness (QED) is 0.817. The summed E-state index contributed by atoms with van der Waals surface area (Å²) in [5, 5.41) is 3.73. The highest BCUT2D eigenvalue weighted by molar-refractivity contribution is 7.85. The molecule has 0 bridgehead atoms. The van der Waals surface area contributed by atoms with E-state index >= 15 is 0 Å². The molecule has 0 radical (unpaired) electrons. The number of hydrogen-bond acceptors (Lipinski definition) is 3. The standard InChI is InChI=1S/C17H34N2OS/c1-15(2)12-18-13-17(6-4-5-16(3)11-17)14-19-7-9-21(20)10-8-19/h15-16,18H,4-14H2,1-3H3. The molecule has 1 heterocycles. The summed E-state index contributed by atoms with van der Waals surface area (Å²) in [6.45, 7) is 12.5. The average Bonchev–Trinajstić information content (AvgIpc) is 2.41. The van der Waals surface area contributed by atoms with Crippen LogP contribution in [0.3, 0.4) is 0 Å². The van der Waals surface area contributed by atoms with E-state index in [2.05, 4.69) is 31.0 Å². The van der Waals surface area contributed by atoms with Crippen LogP contribution in [0.15, 0.2) is 0 Å². The van der Waals surface area contributed by atoms with Gasteiger partial charge in [0.05, 0.1) is 0 Å². The Morgan fingerprint density at radius 1 is 1.33 bits per heavy atom. The monoisotopic (exact) mass is 314 g/mol. The summed E-state index contributed by atoms with van der Waals surface area (Å²) in [5.74, 6) is 3.34. The van der Waals surface area contributed by atoms with Crippen LogP contribution < -0.4 is 5.32 Å². The van der Waals surface area contributed by atoms with Crippen molar-refractivity contribution in [3.05, 3.63) is 0 Å². The largest absolute Gasteiger partial charge is 0.316 e. The molecule has 1 aliphatic carbocycles. The van der Waals surface area contributed by atoms with Gasteiger partial charge in [0.25, 0.3) is 0 Å². The van der Waals surface area contributed by atoms with Crippen molar-refractivity contribution in [2.45, 2.75) is 46.5 Å². The van der Waals surface area contributed by atoms with Crippen LogP contribution in [0.1, 0.15) is 46.5 Å². The van der Waals surface area contributed by atoms with Gasteiger partial charge in [0.15, 0.2) is 0 Å². The van der Waals surface area contributed by atoms with Crippen molar-refractivity contribution in [2.75, 3.05) is 44.2 Å². The fourth-order valence-corrected chi connectivity index (χ4v) is 5.19. The highest BCUT2D eigenvalue weighted by Gasteiger charge is 2.36. The van der Waals surface area contributed by atoms with Crippen molar-refractivity contribution < 1.29 is 4.21 Å². The third-order valence-electron chi connectivity index (χ3n) is 5.07. The Hall–Kier alpha value is 0.0700. The molecule has 2 unspecified atom stereocenters. The summed E-state index contributed by atoms with van der Waals surface area (Å²) in [6, 6.07) is 0. The highest BCUT2D eigenvalue weighted by atomic mass is 32.2. The minimum atomic E-state index is -0.557. The summed E-state index contributed by atoms with van der Waals surface area (Å²) >= 11 is 0. The van der Waals surface area contributed by atoms with Crippen LogP contribution in [0.5, 0.6) is 0 Å². The Morgan fingerprint density at radius 2 is 2.05 bits per heavy atom. The molecule has 1 aliphatic heterocycles. The molecule has 1 saturated heterocycles. The van der Waals surface area contributed by atoms with Crippen molar-refractivity contribution in [1.82, 2.24) is 10.2 Å². The SMILES string of the molecule is CC(C)CNCC1(CN2CCS(=O)CC2)CCCC(C)C1. The zero-order valence-electron chi connectivity index (χ0n) is 14.2. The number of nitrogens with zero attached hydrogens (tertiary/aromatic N) is 1. The molecule has 2 aliphatic rings. The van der Waals surface area contributed by atoms with Gasteiger partial charge in [-0.25, -0.2) is 0 Å². The van der Waals surface area contributed by atoms with Crippen LogP contribution in [0.2, 0.25) is 0 Å². The predicted octanol–water partition coefficient (Wildman–Crippen LogP) is 2.49. The Labute approximate surface area is 133 Å². The van der Waals surface area contributed by atoms with Gasteiger partial charge in [0.2, 0.25) is 0 Å². The first-order valence-corrected chi connectivity index (χ1v) is 10.3. The maximum Gasteiger partial charge on any atom is 0.0363 e. The van der Waals surface area contributed by atoms with Crippen LogP contribution >= 0.6 is 0 Å². The molecule has 1 saturated carbocycles. The van der Waals surface area contributed by atoms with E-state index in [9.17, 15) is 4.21 Å². The van der Waals surface area contributed by atoms with Gasteiger partial charge in [-0.2, -0.15) is 0 Å². The van der Waals surface area contributed by atoms with E-state index < -0.39 is 10.8 Å². The smallest absolute Gasteiger partial charge is 0.0363 e. The molecule has 0 aromatic carbocycles. The Bertz CT molecular complexity index is 338. The second-order valence-corrected chi connectivity index (χ2v) is 9.55. The summed E-state index contributed by atoms with van der Waals surface area (Å²) in [6.07, 6.45) is 5.50. The molecule has 1 N–H and O–H groups in total. The lowest BCUT2D eigenvalue weighted by atomic mass is 9.69. The van der Waals surface area contributed by atoms with E-state index in [1.165, 1.54) is 32.2 Å². The van der Waals surface area contributed by atoms with Crippen LogP contribution in [-0.4, -0.2) is 53.3 Å². The molecule has 0 aromatic heterocycles. The lowest BCUT2D eigenvalue weighted by molar-refractivity contribution is 0.0836. The fourth-order valence-electron chi connectivity index (χ4n) is 4.06. The third kappa shape index (κ3) is 5.65. The van der Waals surface area contributed by atoms with Gasteiger partial charge < -0.3 is 10.2 Å². The van der Waals surface area contributed by atoms with Gasteiger partial charge in [-0.05, 0) is 36.6 Å². The van der Waals surface area contributed by atoms with E-state index in [1.807, 2.05) is 0 Å². The van der Waals surface area contributed by atoms with Gasteiger partial charge in [0.1, 0.15) is 0 Å². The molecule has 0 spiro atoms. The zero-order valence-corrected chi connectivity index (χ0v) is 15.0. The molecule has 21 heavy (non-hydrogen) atoms. The second-order valence-electron chi connectivity index (χ2n) is 7.85. The topological polar surface area (TPSA) is 32.3 Å². The van der Waals surface area contributed by atoms with Crippen LogP contribution in [-0.2, 0) is 10.8 Å². The Balaban J connectivity index is 1.92. The average molecular weight is 315 g/mol. The molecule has 3 nitrogen and oxygen atoms in total. The molecular weight excluding hydrogens is 280 g/mol. The molecule has 2 rings (SSSR count). The molecule has 4 heteroatoms. The lowest BCUT2D eigenvalue weighted by Gasteiger charge is -2.44. The van der Waals surface area contributed by atoms with Gasteiger partial charge in [0, 0.05) is 48.5 Å². The van der Waals surface area contributed by atoms with Crippen LogP contribution in [0.25, 0.3) is 0 Å². The lowest BCUT2D eigenvalue weighted by Crippen LogP contribution is -2.50. The van der Waals surface area contributed by atoms with Crippen molar-refractivity contribution in [1.29, 1.82) is 0 Å². The summed E-state index contributed by atoms with van der Waals surface area (Å²) < 4.78 is 11.6. The van der Waals surface area contributed by atoms with Gasteiger partial charge in [-0.15, -0.1) is 0 Å². The van der Waals surface area contributed by atoms with Gasteiger partial charge in [-0.3, -0.25) is 4.21 Å². The number of hydrogen-bond donors (Lipinski definition) is 1. The van der Waals surface area contributed by atoms with Crippen molar-refractivity contribution in [3.8, 4) is 0 Å². The molecule has 0 amide bonds. The molecule has 2 fully saturated rings. The van der Waals surface area contributed by atoms with E-state index in [4.69, 9.17) is 0 Å². The maximum absolute atomic E-state index is 11.6. The van der Waals surface area contributed by atoms with Crippen LogP contribution in [0.4, 0.5) is 0 Å². The highest BCUT2D eigenvalue weighted by Crippen LogP contribution is 2.39. The summed E-state index contributed by atoms with van der Waals surface area (Å²) in [7, 11) is -0.557. The van der Waals surface area contributed by atoms with Gasteiger partial charge >= 0.3 is 0 Å². The second kappa shape index (κ2) is 8.07. The van der Waals surface area contributed by atoms with Crippen molar-refractivity contribution in [3.63, 3.8) is 0 Å². The first kappa shape index (κ1) is 17.4. The molecule has 2 atom stereocenters. The summed E-state index contributed by atoms with van der Waals surface area (Å²) in [4.78, 5) is 2.58.